The van der Waals surface area contributed by atoms with Crippen LogP contribution in [0.15, 0.2) is 42.5 Å². The van der Waals surface area contributed by atoms with Gasteiger partial charge in [-0.15, -0.1) is 0 Å². The average Bonchev–Trinajstić information content (AvgIpc) is 2.71. The smallest absolute Gasteiger partial charge is 0.273 e. The molecule has 7 nitrogen and oxygen atoms in total. The highest BCUT2D eigenvalue weighted by Crippen LogP contribution is 2.24. The lowest BCUT2D eigenvalue weighted by Gasteiger charge is -2.44. The number of piperazine rings is 1. The second-order valence-corrected chi connectivity index (χ2v) is 7.80. The Hall–Kier alpha value is -3.00. The van der Waals surface area contributed by atoms with Crippen molar-refractivity contribution < 1.29 is 18.8 Å². The first-order valence-electron chi connectivity index (χ1n) is 9.90. The molecule has 0 unspecified atom stereocenters. The van der Waals surface area contributed by atoms with E-state index in [1.54, 1.807) is 30.0 Å². The van der Waals surface area contributed by atoms with Crippen LogP contribution in [0.1, 0.15) is 25.0 Å². The van der Waals surface area contributed by atoms with Gasteiger partial charge in [0.05, 0.1) is 11.0 Å². The van der Waals surface area contributed by atoms with E-state index in [0.29, 0.717) is 25.4 Å². The minimum absolute atomic E-state index is 0.0102. The summed E-state index contributed by atoms with van der Waals surface area (Å²) < 4.78 is 18.7. The Kier molecular flexibility index (Phi) is 6.66. The highest BCUT2D eigenvalue weighted by Gasteiger charge is 2.32. The second-order valence-electron chi connectivity index (χ2n) is 7.80. The molecule has 1 aliphatic heterocycles. The van der Waals surface area contributed by atoms with Crippen LogP contribution in [0.5, 0.6) is 5.75 Å². The molecule has 2 aromatic carbocycles. The Morgan fingerprint density at radius 3 is 2.53 bits per heavy atom. The standard InChI is InChI=1S/C22H26FN3O4/c1-15-4-9-20(26(28)29)10-21(15)30-14-22(27)25-12-16(2)24(11-17(25)3)13-18-5-7-19(23)8-6-18/h4-10,16-17H,11-14H2,1-3H3/t16-,17+/m0/s1. The van der Waals surface area contributed by atoms with Gasteiger partial charge in [-0.1, -0.05) is 12.1 Å². The number of rotatable bonds is 6. The third kappa shape index (κ3) is 5.13. The number of non-ortho nitro benzene ring substituents is 1. The van der Waals surface area contributed by atoms with Crippen molar-refractivity contribution in [1.29, 1.82) is 0 Å². The van der Waals surface area contributed by atoms with Crippen molar-refractivity contribution >= 4 is 11.6 Å². The number of carbonyl (C=O) groups is 1. The van der Waals surface area contributed by atoms with Gasteiger partial charge >= 0.3 is 0 Å². The number of nitro benzene ring substituents is 1. The number of amides is 1. The summed E-state index contributed by atoms with van der Waals surface area (Å²) in [5, 5.41) is 11.0. The van der Waals surface area contributed by atoms with E-state index >= 15 is 0 Å². The second kappa shape index (κ2) is 9.21. The fourth-order valence-corrected chi connectivity index (χ4v) is 3.67. The maximum Gasteiger partial charge on any atom is 0.273 e. The molecule has 0 aliphatic carbocycles. The van der Waals surface area contributed by atoms with Crippen molar-refractivity contribution in [3.8, 4) is 5.75 Å². The molecule has 1 amide bonds. The molecule has 160 valence electrons. The Balaban J connectivity index is 1.59. The Morgan fingerprint density at radius 2 is 1.87 bits per heavy atom. The maximum absolute atomic E-state index is 13.1. The number of benzene rings is 2. The first-order chi connectivity index (χ1) is 14.2. The van der Waals surface area contributed by atoms with Crippen LogP contribution < -0.4 is 4.74 Å². The molecule has 1 aliphatic rings. The summed E-state index contributed by atoms with van der Waals surface area (Å²) in [6.45, 7) is 7.59. The third-order valence-electron chi connectivity index (χ3n) is 5.47. The van der Waals surface area contributed by atoms with Gasteiger partial charge in [-0.2, -0.15) is 0 Å². The summed E-state index contributed by atoms with van der Waals surface area (Å²) in [7, 11) is 0. The van der Waals surface area contributed by atoms with E-state index in [-0.39, 0.29) is 36.1 Å². The van der Waals surface area contributed by atoms with Crippen molar-refractivity contribution in [3.63, 3.8) is 0 Å². The molecule has 1 fully saturated rings. The normalized spacial score (nSPS) is 19.5. The van der Waals surface area contributed by atoms with Gasteiger partial charge in [0.1, 0.15) is 11.6 Å². The number of ether oxygens (including phenoxy) is 1. The first kappa shape index (κ1) is 21.7. The minimum Gasteiger partial charge on any atom is -0.483 e. The van der Waals surface area contributed by atoms with Crippen molar-refractivity contribution in [3.05, 3.63) is 69.5 Å². The van der Waals surface area contributed by atoms with Crippen molar-refractivity contribution in [2.24, 2.45) is 0 Å². The van der Waals surface area contributed by atoms with Crippen LogP contribution in [0.25, 0.3) is 0 Å². The summed E-state index contributed by atoms with van der Waals surface area (Å²) >= 11 is 0. The average molecular weight is 415 g/mol. The molecule has 0 N–H and O–H groups in total. The lowest BCUT2D eigenvalue weighted by Crippen LogP contribution is -2.58. The highest BCUT2D eigenvalue weighted by molar-refractivity contribution is 5.78. The zero-order valence-electron chi connectivity index (χ0n) is 17.4. The van der Waals surface area contributed by atoms with Crippen LogP contribution in [-0.2, 0) is 11.3 Å². The summed E-state index contributed by atoms with van der Waals surface area (Å²) in [6.07, 6.45) is 0. The number of carbonyl (C=O) groups excluding carboxylic acids is 1. The van der Waals surface area contributed by atoms with Crippen molar-refractivity contribution in [2.45, 2.75) is 39.4 Å². The number of nitro groups is 1. The highest BCUT2D eigenvalue weighted by atomic mass is 19.1. The molecule has 1 saturated heterocycles. The number of halogens is 1. The molecule has 0 radical (unpaired) electrons. The predicted octanol–water partition coefficient (Wildman–Crippen LogP) is 3.54. The number of aryl methyl sites for hydroxylation is 1. The lowest BCUT2D eigenvalue weighted by atomic mass is 10.1. The zero-order valence-corrected chi connectivity index (χ0v) is 17.4. The van der Waals surface area contributed by atoms with E-state index in [1.165, 1.54) is 24.3 Å². The molecule has 8 heteroatoms. The summed E-state index contributed by atoms with van der Waals surface area (Å²) in [4.78, 5) is 27.3. The number of nitrogens with zero attached hydrogens (tertiary/aromatic N) is 3. The van der Waals surface area contributed by atoms with E-state index in [0.717, 1.165) is 11.1 Å². The van der Waals surface area contributed by atoms with Gasteiger partial charge in [-0.05, 0) is 50.1 Å². The van der Waals surface area contributed by atoms with Crippen molar-refractivity contribution in [1.82, 2.24) is 9.80 Å². The van der Waals surface area contributed by atoms with E-state index in [2.05, 4.69) is 11.8 Å². The molecular weight excluding hydrogens is 389 g/mol. The molecule has 0 bridgehead atoms. The van der Waals surface area contributed by atoms with Crippen LogP contribution in [0.4, 0.5) is 10.1 Å². The summed E-state index contributed by atoms with van der Waals surface area (Å²) in [5.41, 5.74) is 1.69. The molecular formula is C22H26FN3O4. The Labute approximate surface area is 175 Å². The number of hydrogen-bond donors (Lipinski definition) is 0. The Morgan fingerprint density at radius 1 is 1.17 bits per heavy atom. The van der Waals surface area contributed by atoms with Gasteiger partial charge in [0.15, 0.2) is 6.61 Å². The monoisotopic (exact) mass is 415 g/mol. The van der Waals surface area contributed by atoms with Crippen LogP contribution in [0, 0.1) is 22.9 Å². The van der Waals surface area contributed by atoms with Gasteiger partial charge in [-0.3, -0.25) is 19.8 Å². The van der Waals surface area contributed by atoms with Crippen LogP contribution in [0.3, 0.4) is 0 Å². The molecule has 0 aromatic heterocycles. The quantitative estimate of drug-likeness (QED) is 0.533. The van der Waals surface area contributed by atoms with Gasteiger partial charge in [0.2, 0.25) is 0 Å². The fourth-order valence-electron chi connectivity index (χ4n) is 3.67. The van der Waals surface area contributed by atoms with Gasteiger partial charge in [0.25, 0.3) is 11.6 Å². The van der Waals surface area contributed by atoms with Gasteiger partial charge in [0, 0.05) is 37.8 Å². The minimum atomic E-state index is -0.488. The SMILES string of the molecule is Cc1ccc([N+](=O)[O-])cc1OCC(=O)N1C[C@H](C)N(Cc2ccc(F)cc2)C[C@H]1C. The maximum atomic E-state index is 13.1. The fraction of sp³-hybridized carbons (Fsp3) is 0.409. The third-order valence-corrected chi connectivity index (χ3v) is 5.47. The van der Waals surface area contributed by atoms with Gasteiger partial charge in [-0.25, -0.2) is 4.39 Å². The Bertz CT molecular complexity index is 919. The van der Waals surface area contributed by atoms with Crippen LogP contribution in [-0.4, -0.2) is 52.4 Å². The van der Waals surface area contributed by atoms with E-state index in [9.17, 15) is 19.3 Å². The van der Waals surface area contributed by atoms with Crippen LogP contribution in [0.2, 0.25) is 0 Å². The lowest BCUT2D eigenvalue weighted by molar-refractivity contribution is -0.384. The molecule has 2 aromatic rings. The molecule has 1 heterocycles. The van der Waals surface area contributed by atoms with Gasteiger partial charge < -0.3 is 9.64 Å². The summed E-state index contributed by atoms with van der Waals surface area (Å²) in [5.74, 6) is -0.0653. The topological polar surface area (TPSA) is 75.9 Å². The van der Waals surface area contributed by atoms with E-state index in [1.807, 2.05) is 6.92 Å². The molecule has 0 spiro atoms. The largest absolute Gasteiger partial charge is 0.483 e. The molecule has 0 saturated carbocycles. The molecule has 3 rings (SSSR count). The van der Waals surface area contributed by atoms with E-state index < -0.39 is 4.92 Å². The first-order valence-corrected chi connectivity index (χ1v) is 9.90. The zero-order chi connectivity index (χ0) is 21.8. The van der Waals surface area contributed by atoms with E-state index in [4.69, 9.17) is 4.74 Å². The molecule has 30 heavy (non-hydrogen) atoms. The molecule has 2 atom stereocenters. The number of hydrogen-bond acceptors (Lipinski definition) is 5. The van der Waals surface area contributed by atoms with Crippen LogP contribution >= 0.6 is 0 Å². The summed E-state index contributed by atoms with van der Waals surface area (Å²) in [6, 6.07) is 10.9. The van der Waals surface area contributed by atoms with Crippen molar-refractivity contribution in [2.75, 3.05) is 19.7 Å². The predicted molar refractivity (Wildman–Crippen MR) is 111 cm³/mol.